The number of amides is 2. The van der Waals surface area contributed by atoms with Crippen molar-refractivity contribution in [1.29, 1.82) is 0 Å². The Morgan fingerprint density at radius 3 is 2.59 bits per heavy atom. The molecule has 1 unspecified atom stereocenters. The van der Waals surface area contributed by atoms with E-state index in [1.807, 2.05) is 42.5 Å². The minimum atomic E-state index is -0.388. The molecule has 170 valence electrons. The summed E-state index contributed by atoms with van der Waals surface area (Å²) >= 11 is 0. The lowest BCUT2D eigenvalue weighted by molar-refractivity contribution is -0.142. The fourth-order valence-electron chi connectivity index (χ4n) is 5.40. The van der Waals surface area contributed by atoms with Crippen LogP contribution >= 0.6 is 0 Å². The van der Waals surface area contributed by atoms with Gasteiger partial charge in [-0.1, -0.05) is 36.4 Å². The molecule has 0 radical (unpaired) electrons. The van der Waals surface area contributed by atoms with Gasteiger partial charge in [-0.2, -0.15) is 0 Å². The second kappa shape index (κ2) is 7.73. The average Bonchev–Trinajstić information content (AvgIpc) is 3.48. The van der Waals surface area contributed by atoms with Crippen molar-refractivity contribution in [1.82, 2.24) is 14.9 Å². The molecule has 4 aromatic rings. The zero-order valence-electron chi connectivity index (χ0n) is 18.7. The number of H-pyrrole nitrogens is 1. The van der Waals surface area contributed by atoms with Crippen LogP contribution in [-0.2, 0) is 32.1 Å². The van der Waals surface area contributed by atoms with E-state index in [4.69, 9.17) is 4.74 Å². The molecule has 2 N–H and O–H groups in total. The fourth-order valence-corrected chi connectivity index (χ4v) is 5.40. The lowest BCUT2D eigenvalue weighted by Gasteiger charge is -2.25. The van der Waals surface area contributed by atoms with Gasteiger partial charge in [0, 0.05) is 64.2 Å². The highest BCUT2D eigenvalue weighted by Gasteiger charge is 2.38. The normalized spacial score (nSPS) is 18.0. The first kappa shape index (κ1) is 20.5. The summed E-state index contributed by atoms with van der Waals surface area (Å²) in [5.41, 5.74) is 5.26. The van der Waals surface area contributed by atoms with Gasteiger partial charge in [-0.3, -0.25) is 19.7 Å². The third-order valence-electron chi connectivity index (χ3n) is 6.88. The van der Waals surface area contributed by atoms with Gasteiger partial charge in [-0.25, -0.2) is 0 Å². The maximum absolute atomic E-state index is 13.3. The molecule has 0 bridgehead atoms. The fraction of sp³-hybridized carbons (Fsp3) is 0.222. The van der Waals surface area contributed by atoms with Gasteiger partial charge < -0.3 is 14.3 Å². The van der Waals surface area contributed by atoms with E-state index >= 15 is 0 Å². The summed E-state index contributed by atoms with van der Waals surface area (Å²) in [5, 5.41) is 4.38. The number of aryl methyl sites for hydroxylation is 1. The van der Waals surface area contributed by atoms with E-state index in [1.54, 1.807) is 6.20 Å². The molecule has 34 heavy (non-hydrogen) atoms. The molecule has 6 rings (SSSR count). The summed E-state index contributed by atoms with van der Waals surface area (Å²) in [6.07, 6.45) is 3.33. The van der Waals surface area contributed by atoms with Crippen LogP contribution in [0.15, 0.2) is 54.7 Å². The van der Waals surface area contributed by atoms with Crippen molar-refractivity contribution in [2.24, 2.45) is 5.92 Å². The number of aromatic nitrogens is 2. The zero-order chi connectivity index (χ0) is 23.4. The summed E-state index contributed by atoms with van der Waals surface area (Å²) in [6, 6.07) is 15.7. The third kappa shape index (κ3) is 3.08. The molecule has 0 saturated carbocycles. The third-order valence-corrected chi connectivity index (χ3v) is 6.88. The number of imide groups is 1. The Morgan fingerprint density at radius 2 is 1.76 bits per heavy atom. The molecule has 2 aliphatic rings. The molecule has 2 aromatic carbocycles. The smallest absolute Gasteiger partial charge is 0.302 e. The molecule has 1 atom stereocenters. The number of rotatable bonds is 4. The number of benzene rings is 2. The van der Waals surface area contributed by atoms with Crippen molar-refractivity contribution >= 4 is 50.7 Å². The van der Waals surface area contributed by atoms with Crippen LogP contribution in [0.25, 0.3) is 33.0 Å². The topological polar surface area (TPSA) is 93.2 Å². The number of aromatic amines is 1. The molecule has 0 aliphatic carbocycles. The van der Waals surface area contributed by atoms with Crippen LogP contribution in [0, 0.1) is 5.92 Å². The molecule has 4 heterocycles. The van der Waals surface area contributed by atoms with Crippen molar-refractivity contribution < 1.29 is 19.1 Å². The molecule has 0 saturated heterocycles. The van der Waals surface area contributed by atoms with Crippen molar-refractivity contribution in [2.45, 2.75) is 26.3 Å². The van der Waals surface area contributed by atoms with Gasteiger partial charge in [0.1, 0.15) is 0 Å². The minimum Gasteiger partial charge on any atom is -0.466 e. The summed E-state index contributed by atoms with van der Waals surface area (Å²) in [4.78, 5) is 41.0. The van der Waals surface area contributed by atoms with Gasteiger partial charge in [0.15, 0.2) is 0 Å². The number of carbonyl (C=O) groups excluding carboxylic acids is 3. The standard InChI is InChI=1S/C27H23N3O4/c1-15(31)34-14-16-10-11-30-21-9-5-3-7-18(21)23(22(30)12-16)25-24(26(32)29-27(25)33)19-13-28-20-8-4-2-6-17(19)20/h2-9,13,16,28H,10-12,14H2,1H3,(H,29,32,33). The van der Waals surface area contributed by atoms with E-state index in [-0.39, 0.29) is 23.7 Å². The molecular formula is C27H23N3O4. The molecule has 7 nitrogen and oxygen atoms in total. The Hall–Kier alpha value is -4.13. The van der Waals surface area contributed by atoms with Crippen LogP contribution in [0.3, 0.4) is 0 Å². The van der Waals surface area contributed by atoms with Crippen molar-refractivity contribution in [3.8, 4) is 0 Å². The van der Waals surface area contributed by atoms with Crippen LogP contribution in [0.5, 0.6) is 0 Å². The van der Waals surface area contributed by atoms with Crippen molar-refractivity contribution in [3.63, 3.8) is 0 Å². The number of nitrogens with zero attached hydrogens (tertiary/aromatic N) is 1. The van der Waals surface area contributed by atoms with Crippen molar-refractivity contribution in [2.75, 3.05) is 6.61 Å². The maximum atomic E-state index is 13.3. The van der Waals surface area contributed by atoms with Crippen LogP contribution in [0.1, 0.15) is 30.2 Å². The van der Waals surface area contributed by atoms with Gasteiger partial charge in [-0.15, -0.1) is 0 Å². The van der Waals surface area contributed by atoms with Crippen LogP contribution in [-0.4, -0.2) is 33.9 Å². The first-order valence-corrected chi connectivity index (χ1v) is 11.4. The number of hydrogen-bond donors (Lipinski definition) is 2. The van der Waals surface area contributed by atoms with Crippen LogP contribution in [0.2, 0.25) is 0 Å². The van der Waals surface area contributed by atoms with Crippen molar-refractivity contribution in [3.05, 3.63) is 71.5 Å². The highest BCUT2D eigenvalue weighted by molar-refractivity contribution is 6.51. The van der Waals surface area contributed by atoms with E-state index in [0.29, 0.717) is 29.7 Å². The number of hydrogen-bond acceptors (Lipinski definition) is 4. The number of ether oxygens (including phenoxy) is 1. The Kier molecular flexibility index (Phi) is 4.65. The van der Waals surface area contributed by atoms with Crippen LogP contribution < -0.4 is 5.32 Å². The minimum absolute atomic E-state index is 0.150. The predicted molar refractivity (Wildman–Crippen MR) is 129 cm³/mol. The Bertz CT molecular complexity index is 1540. The number of carbonyl (C=O) groups is 3. The molecule has 0 fully saturated rings. The molecular weight excluding hydrogens is 430 g/mol. The summed E-state index contributed by atoms with van der Waals surface area (Å²) in [7, 11) is 0. The Morgan fingerprint density at radius 1 is 1.03 bits per heavy atom. The molecule has 2 aromatic heterocycles. The second-order valence-corrected chi connectivity index (χ2v) is 8.93. The van der Waals surface area contributed by atoms with Gasteiger partial charge >= 0.3 is 5.97 Å². The van der Waals surface area contributed by atoms with Crippen LogP contribution in [0.4, 0.5) is 0 Å². The number of para-hydroxylation sites is 2. The lowest BCUT2D eigenvalue weighted by atomic mass is 9.89. The first-order valence-electron chi connectivity index (χ1n) is 11.4. The SMILES string of the molecule is CC(=O)OCC1CCn2c(c(C3=C(c4c[nH]c5ccccc45)C(=O)NC3=O)c3ccccc32)C1. The van der Waals surface area contributed by atoms with Gasteiger partial charge in [0.2, 0.25) is 0 Å². The van der Waals surface area contributed by atoms with Gasteiger partial charge in [0.25, 0.3) is 11.8 Å². The highest BCUT2D eigenvalue weighted by Crippen LogP contribution is 2.42. The van der Waals surface area contributed by atoms with E-state index in [2.05, 4.69) is 20.9 Å². The predicted octanol–water partition coefficient (Wildman–Crippen LogP) is 3.82. The number of esters is 1. The highest BCUT2D eigenvalue weighted by atomic mass is 16.5. The van der Waals surface area contributed by atoms with E-state index in [9.17, 15) is 14.4 Å². The molecule has 7 heteroatoms. The molecule has 2 aliphatic heterocycles. The monoisotopic (exact) mass is 453 g/mol. The summed E-state index contributed by atoms with van der Waals surface area (Å²) < 4.78 is 7.55. The molecule has 2 amide bonds. The average molecular weight is 453 g/mol. The number of fused-ring (bicyclic) bond motifs is 4. The summed E-state index contributed by atoms with van der Waals surface area (Å²) in [6.45, 7) is 2.51. The number of nitrogens with one attached hydrogen (secondary N) is 2. The van der Waals surface area contributed by atoms with E-state index in [1.165, 1.54) is 6.92 Å². The van der Waals surface area contributed by atoms with Gasteiger partial charge in [0.05, 0.1) is 17.8 Å². The zero-order valence-corrected chi connectivity index (χ0v) is 18.7. The maximum Gasteiger partial charge on any atom is 0.302 e. The Labute approximate surface area is 195 Å². The van der Waals surface area contributed by atoms with E-state index in [0.717, 1.165) is 46.0 Å². The first-order chi connectivity index (χ1) is 16.5. The largest absolute Gasteiger partial charge is 0.466 e. The summed E-state index contributed by atoms with van der Waals surface area (Å²) in [5.74, 6) is -0.916. The second-order valence-electron chi connectivity index (χ2n) is 8.93. The van der Waals surface area contributed by atoms with Gasteiger partial charge in [-0.05, 0) is 25.0 Å². The quantitative estimate of drug-likeness (QED) is 0.363. The Balaban J connectivity index is 1.59. The molecule has 0 spiro atoms. The van der Waals surface area contributed by atoms with E-state index < -0.39 is 0 Å². The lowest BCUT2D eigenvalue weighted by Crippen LogP contribution is -2.25.